The minimum atomic E-state index is -4.55. The number of rotatable bonds is 5. The number of H-pyrrole nitrogens is 1. The number of aromatic amines is 1. The summed E-state index contributed by atoms with van der Waals surface area (Å²) in [5.74, 6) is 0.169. The number of fused-ring (bicyclic) bond motifs is 1. The highest BCUT2D eigenvalue weighted by Gasteiger charge is 2.35. The van der Waals surface area contributed by atoms with E-state index in [9.17, 15) is 13.2 Å². The van der Waals surface area contributed by atoms with Gasteiger partial charge >= 0.3 is 6.18 Å². The van der Waals surface area contributed by atoms with Crippen LogP contribution in [0.1, 0.15) is 37.2 Å². The van der Waals surface area contributed by atoms with Crippen molar-refractivity contribution >= 4 is 17.3 Å². The van der Waals surface area contributed by atoms with Gasteiger partial charge in [-0.3, -0.25) is 0 Å². The minimum Gasteiger partial charge on any atom is -0.368 e. The van der Waals surface area contributed by atoms with Gasteiger partial charge < -0.3 is 20.4 Å². The molecule has 0 spiro atoms. The Labute approximate surface area is 175 Å². The third-order valence-corrected chi connectivity index (χ3v) is 4.92. The van der Waals surface area contributed by atoms with E-state index in [1.54, 1.807) is 12.3 Å². The van der Waals surface area contributed by atoms with Gasteiger partial charge in [-0.2, -0.15) is 18.2 Å². The van der Waals surface area contributed by atoms with Crippen molar-refractivity contribution in [3.05, 3.63) is 54.1 Å². The molecule has 4 heterocycles. The van der Waals surface area contributed by atoms with Crippen molar-refractivity contribution in [3.8, 4) is 11.3 Å². The van der Waals surface area contributed by atoms with Gasteiger partial charge in [0.25, 0.3) is 0 Å². The Bertz CT molecular complexity index is 1220. The molecule has 0 bridgehead atoms. The summed E-state index contributed by atoms with van der Waals surface area (Å²) in [5.41, 5.74) is 8.54. The number of hydrogen-bond donors (Lipinski definition) is 3. The maximum absolute atomic E-state index is 12.9. The number of aryl methyl sites for hydroxylation is 1. The van der Waals surface area contributed by atoms with E-state index in [0.29, 0.717) is 17.2 Å². The van der Waals surface area contributed by atoms with Gasteiger partial charge in [-0.05, 0) is 25.0 Å². The second-order valence-electron chi connectivity index (χ2n) is 7.57. The van der Waals surface area contributed by atoms with Gasteiger partial charge in [0.05, 0.1) is 35.3 Å². The number of alkyl halides is 3. The van der Waals surface area contributed by atoms with Crippen molar-refractivity contribution in [2.75, 3.05) is 11.1 Å². The van der Waals surface area contributed by atoms with E-state index in [1.807, 2.05) is 43.5 Å². The van der Waals surface area contributed by atoms with Gasteiger partial charge in [0, 0.05) is 17.8 Å². The normalized spacial score (nSPS) is 13.1. The fourth-order valence-corrected chi connectivity index (χ4v) is 3.36. The number of pyridine rings is 1. The highest BCUT2D eigenvalue weighted by atomic mass is 19.4. The van der Waals surface area contributed by atoms with E-state index in [-0.39, 0.29) is 11.9 Å². The Hall–Kier alpha value is -3.63. The molecule has 4 aromatic heterocycles. The number of aromatic nitrogens is 6. The Kier molecular flexibility index (Phi) is 5.03. The molecule has 0 amide bonds. The maximum atomic E-state index is 12.9. The van der Waals surface area contributed by atoms with Gasteiger partial charge in [-0.1, -0.05) is 13.8 Å². The van der Waals surface area contributed by atoms with Crippen LogP contribution in [-0.2, 0) is 6.18 Å². The average molecular weight is 430 g/mol. The fourth-order valence-electron chi connectivity index (χ4n) is 3.36. The molecule has 31 heavy (non-hydrogen) atoms. The maximum Gasteiger partial charge on any atom is 0.449 e. The first-order chi connectivity index (χ1) is 14.6. The summed E-state index contributed by atoms with van der Waals surface area (Å²) in [6, 6.07) is 5.03. The molecule has 4 aromatic rings. The van der Waals surface area contributed by atoms with Crippen LogP contribution in [0.4, 0.5) is 24.9 Å². The topological polar surface area (TPSA) is 110 Å². The molecule has 0 saturated carbocycles. The van der Waals surface area contributed by atoms with E-state index in [1.165, 1.54) is 6.20 Å². The monoisotopic (exact) mass is 430 g/mol. The standard InChI is InChI=1S/C20H21F3N8/c1-10(2)17(15-8-26-18(27-15)20(21,22)23)29-16-6-14(28-19(24)30-16)12-4-5-13-7-25-11(3)31(13)9-12/h4-10,17H,1-3H3,(H,26,27)(H3,24,28,29,30)/t17-/m0/s1. The zero-order valence-corrected chi connectivity index (χ0v) is 17.1. The van der Waals surface area contributed by atoms with Crippen LogP contribution in [0.5, 0.6) is 0 Å². The number of nitrogens with two attached hydrogens (primary N) is 1. The van der Waals surface area contributed by atoms with Gasteiger partial charge in [0.1, 0.15) is 11.6 Å². The van der Waals surface area contributed by atoms with Crippen LogP contribution < -0.4 is 11.1 Å². The zero-order valence-electron chi connectivity index (χ0n) is 17.1. The van der Waals surface area contributed by atoms with Crippen LogP contribution in [0.25, 0.3) is 16.8 Å². The first-order valence-corrected chi connectivity index (χ1v) is 9.59. The van der Waals surface area contributed by atoms with E-state index in [4.69, 9.17) is 5.73 Å². The predicted molar refractivity (Wildman–Crippen MR) is 110 cm³/mol. The van der Waals surface area contributed by atoms with Gasteiger partial charge in [-0.15, -0.1) is 0 Å². The Balaban J connectivity index is 1.68. The molecule has 11 heteroatoms. The van der Waals surface area contributed by atoms with Gasteiger partial charge in [0.2, 0.25) is 11.8 Å². The number of hydrogen-bond acceptors (Lipinski definition) is 6. The third kappa shape index (κ3) is 4.16. The Morgan fingerprint density at radius 3 is 2.58 bits per heavy atom. The molecule has 0 saturated heterocycles. The first-order valence-electron chi connectivity index (χ1n) is 9.59. The molecule has 0 radical (unpaired) electrons. The highest BCUT2D eigenvalue weighted by Crippen LogP contribution is 2.31. The van der Waals surface area contributed by atoms with Crippen LogP contribution in [0.2, 0.25) is 0 Å². The summed E-state index contributed by atoms with van der Waals surface area (Å²) < 4.78 is 40.8. The molecule has 0 aliphatic carbocycles. The van der Waals surface area contributed by atoms with Crippen LogP contribution in [0, 0.1) is 12.8 Å². The van der Waals surface area contributed by atoms with Crippen molar-refractivity contribution in [2.45, 2.75) is 33.0 Å². The summed E-state index contributed by atoms with van der Waals surface area (Å²) >= 11 is 0. The predicted octanol–water partition coefficient (Wildman–Crippen LogP) is 4.23. The van der Waals surface area contributed by atoms with E-state index >= 15 is 0 Å². The van der Waals surface area contributed by atoms with E-state index in [2.05, 4.69) is 30.2 Å². The molecule has 0 aromatic carbocycles. The number of nitrogen functional groups attached to an aromatic ring is 1. The zero-order chi connectivity index (χ0) is 22.3. The SMILES string of the molecule is Cc1ncc2ccc(-c3cc(N[C@H](c4cnc(C(F)(F)F)[nH]4)C(C)C)nc(N)n3)cn12. The average Bonchev–Trinajstić information content (AvgIpc) is 3.32. The number of imidazole rings is 2. The van der Waals surface area contributed by atoms with Crippen LogP contribution >= 0.6 is 0 Å². The quantitative estimate of drug-likeness (QED) is 0.437. The van der Waals surface area contributed by atoms with Gasteiger partial charge in [-0.25, -0.2) is 15.0 Å². The molecule has 162 valence electrons. The molecule has 8 nitrogen and oxygen atoms in total. The van der Waals surface area contributed by atoms with Crippen molar-refractivity contribution < 1.29 is 13.2 Å². The molecule has 0 aliphatic rings. The number of halogens is 3. The number of nitrogens with one attached hydrogen (secondary N) is 2. The van der Waals surface area contributed by atoms with Crippen molar-refractivity contribution in [1.82, 2.24) is 29.3 Å². The lowest BCUT2D eigenvalue weighted by molar-refractivity contribution is -0.144. The summed E-state index contributed by atoms with van der Waals surface area (Å²) in [5, 5.41) is 3.17. The minimum absolute atomic E-state index is 0.0468. The van der Waals surface area contributed by atoms with Crippen molar-refractivity contribution in [3.63, 3.8) is 0 Å². The molecule has 4 rings (SSSR count). The number of nitrogens with zero attached hydrogens (tertiary/aromatic N) is 5. The largest absolute Gasteiger partial charge is 0.449 e. The van der Waals surface area contributed by atoms with Crippen molar-refractivity contribution in [1.29, 1.82) is 0 Å². The summed E-state index contributed by atoms with van der Waals surface area (Å²) in [6.45, 7) is 5.66. The fraction of sp³-hybridized carbons (Fsp3) is 0.300. The smallest absolute Gasteiger partial charge is 0.368 e. The third-order valence-electron chi connectivity index (χ3n) is 4.92. The molecule has 0 aliphatic heterocycles. The summed E-state index contributed by atoms with van der Waals surface area (Å²) in [6.07, 6.45) is 0.305. The van der Waals surface area contributed by atoms with Gasteiger partial charge in [0.15, 0.2) is 0 Å². The highest BCUT2D eigenvalue weighted by molar-refractivity contribution is 5.66. The van der Waals surface area contributed by atoms with Crippen molar-refractivity contribution in [2.24, 2.45) is 5.92 Å². The first kappa shape index (κ1) is 20.6. The molecule has 0 unspecified atom stereocenters. The Morgan fingerprint density at radius 1 is 1.13 bits per heavy atom. The summed E-state index contributed by atoms with van der Waals surface area (Å²) in [7, 11) is 0. The Morgan fingerprint density at radius 2 is 1.90 bits per heavy atom. The second kappa shape index (κ2) is 7.56. The summed E-state index contributed by atoms with van der Waals surface area (Å²) in [4.78, 5) is 18.6. The second-order valence-corrected chi connectivity index (χ2v) is 7.57. The van der Waals surface area contributed by atoms with Crippen LogP contribution in [0.15, 0.2) is 36.8 Å². The van der Waals surface area contributed by atoms with E-state index < -0.39 is 18.0 Å². The molecular formula is C20H21F3N8. The van der Waals surface area contributed by atoms with Crippen LogP contribution in [0.3, 0.4) is 0 Å². The molecule has 4 N–H and O–H groups in total. The molecule has 1 atom stereocenters. The van der Waals surface area contributed by atoms with Crippen LogP contribution in [-0.4, -0.2) is 29.3 Å². The lowest BCUT2D eigenvalue weighted by Crippen LogP contribution is -2.19. The number of anilines is 2. The lowest BCUT2D eigenvalue weighted by atomic mass is 10.0. The van der Waals surface area contributed by atoms with E-state index in [0.717, 1.165) is 16.9 Å². The molecular weight excluding hydrogens is 409 g/mol. The lowest BCUT2D eigenvalue weighted by Gasteiger charge is -2.22. The molecule has 0 fully saturated rings.